The molecular formula is C30H34Cl2N6O3. The normalized spacial score (nSPS) is 21.2. The maximum Gasteiger partial charge on any atom is 0.305 e. The Hall–Kier alpha value is -2.98. The zero-order chi connectivity index (χ0) is 28.3. The first-order chi connectivity index (χ1) is 19.9. The Balaban J connectivity index is 1.19. The predicted molar refractivity (Wildman–Crippen MR) is 159 cm³/mol. The zero-order valence-corrected chi connectivity index (χ0v) is 24.6. The molecule has 3 aromatic rings. The van der Waals surface area contributed by atoms with Crippen molar-refractivity contribution >= 4 is 35.1 Å². The van der Waals surface area contributed by atoms with Gasteiger partial charge in [-0.05, 0) is 80.6 Å². The summed E-state index contributed by atoms with van der Waals surface area (Å²) in [6.45, 7) is 5.54. The summed E-state index contributed by atoms with van der Waals surface area (Å²) in [5.74, 6) is 2.58. The molecule has 0 amide bonds. The number of hydrogen-bond donors (Lipinski definition) is 1. The Labute approximate surface area is 250 Å². The molecular weight excluding hydrogens is 563 g/mol. The van der Waals surface area contributed by atoms with Gasteiger partial charge in [-0.25, -0.2) is 15.0 Å². The minimum absolute atomic E-state index is 0.138. The van der Waals surface area contributed by atoms with Crippen LogP contribution in [0.5, 0.6) is 11.6 Å². The number of likely N-dealkylation sites (tertiary alicyclic amines) is 1. The average molecular weight is 598 g/mol. The average Bonchev–Trinajstić information content (AvgIpc) is 3.57. The third kappa shape index (κ3) is 6.92. The smallest absolute Gasteiger partial charge is 0.305 e. The molecule has 5 heterocycles. The summed E-state index contributed by atoms with van der Waals surface area (Å²) in [6.07, 6.45) is 7.02. The van der Waals surface area contributed by atoms with E-state index in [1.54, 1.807) is 18.5 Å². The van der Waals surface area contributed by atoms with Crippen LogP contribution in [0.4, 0.5) is 5.95 Å². The first-order valence-electron chi connectivity index (χ1n) is 14.2. The highest BCUT2D eigenvalue weighted by atomic mass is 35.5. The van der Waals surface area contributed by atoms with Crippen molar-refractivity contribution in [2.24, 2.45) is 11.8 Å². The lowest BCUT2D eigenvalue weighted by atomic mass is 9.93. The number of carbonyl (C=O) groups is 1. The van der Waals surface area contributed by atoms with Crippen molar-refractivity contribution in [1.29, 1.82) is 0 Å². The van der Waals surface area contributed by atoms with Crippen LogP contribution in [0.2, 0.25) is 10.0 Å². The summed E-state index contributed by atoms with van der Waals surface area (Å²) in [7, 11) is 1.45. The number of hydrogen-bond acceptors (Lipinski definition) is 9. The quantitative estimate of drug-likeness (QED) is 0.352. The second-order valence-corrected chi connectivity index (χ2v) is 12.1. The van der Waals surface area contributed by atoms with Gasteiger partial charge in [0.25, 0.3) is 0 Å². The molecule has 0 bridgehead atoms. The molecule has 0 spiro atoms. The number of esters is 1. The molecule has 0 saturated carbocycles. The molecule has 1 aromatic carbocycles. The van der Waals surface area contributed by atoms with E-state index in [1.807, 2.05) is 24.3 Å². The van der Waals surface area contributed by atoms with Gasteiger partial charge in [0.1, 0.15) is 0 Å². The number of ether oxygens (including phenoxy) is 2. The summed E-state index contributed by atoms with van der Waals surface area (Å²) >= 11 is 12.6. The van der Waals surface area contributed by atoms with Gasteiger partial charge >= 0.3 is 5.97 Å². The van der Waals surface area contributed by atoms with E-state index in [2.05, 4.69) is 25.1 Å². The van der Waals surface area contributed by atoms with Gasteiger partial charge in [-0.15, -0.1) is 0 Å². The number of pyridine rings is 1. The zero-order valence-electron chi connectivity index (χ0n) is 23.1. The van der Waals surface area contributed by atoms with Crippen molar-refractivity contribution in [3.05, 3.63) is 58.3 Å². The van der Waals surface area contributed by atoms with Crippen LogP contribution in [0, 0.1) is 11.8 Å². The number of aromatic nitrogens is 3. The Morgan fingerprint density at radius 2 is 1.78 bits per heavy atom. The fourth-order valence-electron chi connectivity index (χ4n) is 6.14. The molecule has 1 N–H and O–H groups in total. The minimum atomic E-state index is -0.138. The molecule has 0 aliphatic carbocycles. The fourth-order valence-corrected chi connectivity index (χ4v) is 6.66. The first kappa shape index (κ1) is 28.2. The van der Waals surface area contributed by atoms with Gasteiger partial charge in [-0.2, -0.15) is 0 Å². The van der Waals surface area contributed by atoms with Crippen LogP contribution in [-0.4, -0.2) is 71.7 Å². The van der Waals surface area contributed by atoms with Crippen molar-refractivity contribution in [3.63, 3.8) is 0 Å². The van der Waals surface area contributed by atoms with Crippen molar-refractivity contribution in [3.8, 4) is 22.9 Å². The Bertz CT molecular complexity index is 1350. The lowest BCUT2D eigenvalue weighted by molar-refractivity contribution is -0.142. The van der Waals surface area contributed by atoms with Crippen LogP contribution in [-0.2, 0) is 16.1 Å². The molecule has 3 aliphatic heterocycles. The van der Waals surface area contributed by atoms with Crippen molar-refractivity contribution in [2.75, 3.05) is 44.7 Å². The van der Waals surface area contributed by atoms with E-state index in [4.69, 9.17) is 37.7 Å². The van der Waals surface area contributed by atoms with Crippen LogP contribution in [0.3, 0.4) is 0 Å². The van der Waals surface area contributed by atoms with Crippen LogP contribution >= 0.6 is 23.2 Å². The standard InChI is InChI=1S/C30H34Cl2N6O3/c1-40-29(39)10-19-3-6-37(7-4-19)16-20-8-26(22-11-23(31)13-24(32)12-22)36-28(9-20)41-25-14-34-30(35-15-25)38-17-21-2-5-33-27(21)18-38/h8-9,11-15,19,21,27,33H,2-7,10,16-18H2,1H3/t21-,27+/m1/s1. The van der Waals surface area contributed by atoms with Crippen LogP contribution in [0.15, 0.2) is 42.7 Å². The van der Waals surface area contributed by atoms with Gasteiger partial charge in [0, 0.05) is 53.8 Å². The van der Waals surface area contributed by atoms with E-state index >= 15 is 0 Å². The van der Waals surface area contributed by atoms with E-state index in [9.17, 15) is 4.79 Å². The number of benzene rings is 1. The first-order valence-corrected chi connectivity index (χ1v) is 14.9. The Morgan fingerprint density at radius 1 is 1.02 bits per heavy atom. The number of nitrogens with one attached hydrogen (secondary N) is 1. The van der Waals surface area contributed by atoms with Gasteiger partial charge in [-0.1, -0.05) is 23.2 Å². The molecule has 2 aromatic heterocycles. The molecule has 216 valence electrons. The Kier molecular flexibility index (Phi) is 8.57. The monoisotopic (exact) mass is 596 g/mol. The van der Waals surface area contributed by atoms with E-state index < -0.39 is 0 Å². The van der Waals surface area contributed by atoms with Crippen molar-refractivity contribution in [2.45, 2.75) is 38.3 Å². The van der Waals surface area contributed by atoms with Crippen LogP contribution in [0.25, 0.3) is 11.3 Å². The summed E-state index contributed by atoms with van der Waals surface area (Å²) < 4.78 is 11.0. The van der Waals surface area contributed by atoms with E-state index in [-0.39, 0.29) is 5.97 Å². The van der Waals surface area contributed by atoms with Crippen LogP contribution < -0.4 is 15.0 Å². The Morgan fingerprint density at radius 3 is 2.49 bits per heavy atom. The number of fused-ring (bicyclic) bond motifs is 1. The summed E-state index contributed by atoms with van der Waals surface area (Å²) in [5, 5.41) is 4.65. The maximum absolute atomic E-state index is 11.7. The molecule has 0 radical (unpaired) electrons. The highest BCUT2D eigenvalue weighted by molar-refractivity contribution is 6.35. The largest absolute Gasteiger partial charge is 0.469 e. The van der Waals surface area contributed by atoms with Gasteiger partial charge in [0.15, 0.2) is 5.75 Å². The number of anilines is 1. The van der Waals surface area contributed by atoms with Gasteiger partial charge < -0.3 is 19.7 Å². The molecule has 9 nitrogen and oxygen atoms in total. The lowest BCUT2D eigenvalue weighted by Crippen LogP contribution is -2.34. The number of piperidine rings is 1. The summed E-state index contributed by atoms with van der Waals surface area (Å²) in [4.78, 5) is 30.3. The number of methoxy groups -OCH3 is 1. The molecule has 2 atom stereocenters. The third-order valence-corrected chi connectivity index (χ3v) is 8.74. The topological polar surface area (TPSA) is 92.7 Å². The fraction of sp³-hybridized carbons (Fsp3) is 0.467. The molecule has 6 rings (SSSR count). The number of nitrogens with zero attached hydrogens (tertiary/aromatic N) is 5. The number of rotatable bonds is 8. The van der Waals surface area contributed by atoms with Gasteiger partial charge in [0.2, 0.25) is 11.8 Å². The molecule has 0 unspecified atom stereocenters. The molecule has 41 heavy (non-hydrogen) atoms. The number of carbonyl (C=O) groups excluding carboxylic acids is 1. The van der Waals surface area contributed by atoms with E-state index in [0.717, 1.165) is 74.9 Å². The minimum Gasteiger partial charge on any atom is -0.469 e. The van der Waals surface area contributed by atoms with Crippen molar-refractivity contribution in [1.82, 2.24) is 25.2 Å². The van der Waals surface area contributed by atoms with E-state index in [0.29, 0.717) is 46.0 Å². The molecule has 11 heteroatoms. The molecule has 3 fully saturated rings. The SMILES string of the molecule is COC(=O)CC1CCN(Cc2cc(Oc3cnc(N4C[C@H]5CCN[C@H]5C4)nc3)nc(-c3cc(Cl)cc(Cl)c3)c2)CC1. The van der Waals surface area contributed by atoms with E-state index in [1.165, 1.54) is 13.5 Å². The summed E-state index contributed by atoms with van der Waals surface area (Å²) in [6, 6.07) is 9.93. The number of halogens is 2. The third-order valence-electron chi connectivity index (χ3n) is 8.30. The second-order valence-electron chi connectivity index (χ2n) is 11.2. The van der Waals surface area contributed by atoms with Crippen molar-refractivity contribution < 1.29 is 14.3 Å². The highest BCUT2D eigenvalue weighted by Gasteiger charge is 2.36. The molecule has 3 saturated heterocycles. The maximum atomic E-state index is 11.7. The summed E-state index contributed by atoms with van der Waals surface area (Å²) in [5.41, 5.74) is 2.59. The molecule has 3 aliphatic rings. The van der Waals surface area contributed by atoms with Crippen LogP contribution in [0.1, 0.15) is 31.2 Å². The highest BCUT2D eigenvalue weighted by Crippen LogP contribution is 2.32. The predicted octanol–water partition coefficient (Wildman–Crippen LogP) is 5.21. The second kappa shape index (κ2) is 12.5. The van der Waals surface area contributed by atoms with Gasteiger partial charge in [0.05, 0.1) is 25.2 Å². The van der Waals surface area contributed by atoms with Gasteiger partial charge in [-0.3, -0.25) is 9.69 Å². The lowest BCUT2D eigenvalue weighted by Gasteiger charge is -2.31.